The van der Waals surface area contributed by atoms with E-state index in [1.165, 1.54) is 37.2 Å². The number of aromatic nitrogens is 2. The van der Waals surface area contributed by atoms with E-state index >= 15 is 0 Å². The van der Waals surface area contributed by atoms with Gasteiger partial charge < -0.3 is 14.5 Å². The molecule has 0 spiro atoms. The minimum absolute atomic E-state index is 0.0743. The molecular formula is C21H32N4O2. The minimum Gasteiger partial charge on any atom is -0.378 e. The van der Waals surface area contributed by atoms with E-state index in [1.807, 2.05) is 15.7 Å². The summed E-state index contributed by atoms with van der Waals surface area (Å²) in [5.74, 6) is 0.916. The molecule has 6 nitrogen and oxygen atoms in total. The second-order valence-electron chi connectivity index (χ2n) is 8.26. The summed E-state index contributed by atoms with van der Waals surface area (Å²) in [6, 6.07) is 0.544. The highest BCUT2D eigenvalue weighted by atomic mass is 16.5. The van der Waals surface area contributed by atoms with Crippen LogP contribution in [0.5, 0.6) is 0 Å². The number of likely N-dealkylation sites (tertiary alicyclic amines) is 1. The highest BCUT2D eigenvalue weighted by Gasteiger charge is 2.34. The standard InChI is InChI=1S/C21H32N4O2/c1-3-8-25-19-5-4-17(23-9-6-16(2)7-10-23)15-18(19)20(22-25)21(26)24-11-13-27-14-12-24/h3,16-17H,1,4-15H2,2H3. The van der Waals surface area contributed by atoms with Crippen molar-refractivity contribution in [3.63, 3.8) is 0 Å². The van der Waals surface area contributed by atoms with Gasteiger partial charge in [0.2, 0.25) is 0 Å². The van der Waals surface area contributed by atoms with Crippen molar-refractivity contribution in [1.29, 1.82) is 0 Å². The maximum absolute atomic E-state index is 13.2. The van der Waals surface area contributed by atoms with Gasteiger partial charge in [0.25, 0.3) is 5.91 Å². The van der Waals surface area contributed by atoms with Gasteiger partial charge >= 0.3 is 0 Å². The summed E-state index contributed by atoms with van der Waals surface area (Å²) < 4.78 is 7.41. The molecule has 1 aliphatic carbocycles. The molecule has 2 aliphatic heterocycles. The average molecular weight is 373 g/mol. The fourth-order valence-corrected chi connectivity index (χ4v) is 4.74. The predicted molar refractivity (Wildman–Crippen MR) is 105 cm³/mol. The number of piperidine rings is 1. The first-order valence-electron chi connectivity index (χ1n) is 10.5. The number of nitrogens with zero attached hydrogens (tertiary/aromatic N) is 4. The van der Waals surface area contributed by atoms with Gasteiger partial charge in [0.1, 0.15) is 0 Å². The van der Waals surface area contributed by atoms with Crippen molar-refractivity contribution in [2.75, 3.05) is 39.4 Å². The number of rotatable bonds is 4. The molecule has 1 atom stereocenters. The molecule has 0 bridgehead atoms. The van der Waals surface area contributed by atoms with Crippen molar-refractivity contribution in [1.82, 2.24) is 19.6 Å². The lowest BCUT2D eigenvalue weighted by molar-refractivity contribution is 0.0297. The molecule has 6 heteroatoms. The summed E-state index contributed by atoms with van der Waals surface area (Å²) in [4.78, 5) is 17.7. The molecule has 1 aromatic heterocycles. The van der Waals surface area contributed by atoms with Crippen molar-refractivity contribution in [2.45, 2.75) is 51.6 Å². The van der Waals surface area contributed by atoms with E-state index in [0.29, 0.717) is 44.6 Å². The molecule has 1 amide bonds. The fraction of sp³-hybridized carbons (Fsp3) is 0.714. The number of allylic oxidation sites excluding steroid dienone is 1. The monoisotopic (exact) mass is 372 g/mol. The van der Waals surface area contributed by atoms with Crippen molar-refractivity contribution in [3.05, 3.63) is 29.6 Å². The normalized spacial score (nSPS) is 24.6. The van der Waals surface area contributed by atoms with Crippen molar-refractivity contribution < 1.29 is 9.53 Å². The molecule has 0 radical (unpaired) electrons. The Bertz CT molecular complexity index is 685. The van der Waals surface area contributed by atoms with Gasteiger partial charge in [0.05, 0.1) is 19.8 Å². The first kappa shape index (κ1) is 18.7. The van der Waals surface area contributed by atoms with Gasteiger partial charge in [-0.15, -0.1) is 6.58 Å². The zero-order chi connectivity index (χ0) is 18.8. The van der Waals surface area contributed by atoms with Gasteiger partial charge in [-0.3, -0.25) is 9.48 Å². The van der Waals surface area contributed by atoms with E-state index < -0.39 is 0 Å². The van der Waals surface area contributed by atoms with E-state index in [2.05, 4.69) is 18.4 Å². The third-order valence-corrected chi connectivity index (χ3v) is 6.46. The quantitative estimate of drug-likeness (QED) is 0.760. The van der Waals surface area contributed by atoms with E-state index in [0.717, 1.165) is 25.2 Å². The number of morpholine rings is 1. The molecule has 27 heavy (non-hydrogen) atoms. The Labute approximate surface area is 162 Å². The second kappa shape index (κ2) is 8.15. The Morgan fingerprint density at radius 1 is 1.22 bits per heavy atom. The first-order valence-corrected chi connectivity index (χ1v) is 10.5. The summed E-state index contributed by atoms with van der Waals surface area (Å²) in [6.07, 6.45) is 7.57. The van der Waals surface area contributed by atoms with Crippen LogP contribution >= 0.6 is 0 Å². The number of hydrogen-bond acceptors (Lipinski definition) is 4. The lowest BCUT2D eigenvalue weighted by Crippen LogP contribution is -2.44. The zero-order valence-corrected chi connectivity index (χ0v) is 16.5. The number of ether oxygens (including phenoxy) is 1. The molecule has 0 N–H and O–H groups in total. The predicted octanol–water partition coefficient (Wildman–Crippen LogP) is 2.13. The van der Waals surface area contributed by atoms with Crippen LogP contribution < -0.4 is 0 Å². The number of hydrogen-bond donors (Lipinski definition) is 0. The smallest absolute Gasteiger partial charge is 0.274 e. The minimum atomic E-state index is 0.0743. The lowest BCUT2D eigenvalue weighted by atomic mass is 9.88. The van der Waals surface area contributed by atoms with Gasteiger partial charge in [-0.05, 0) is 51.1 Å². The van der Waals surface area contributed by atoms with Gasteiger partial charge in [0, 0.05) is 30.4 Å². The van der Waals surface area contributed by atoms with Crippen LogP contribution in [-0.2, 0) is 24.1 Å². The van der Waals surface area contributed by atoms with E-state index in [1.54, 1.807) is 0 Å². The van der Waals surface area contributed by atoms with E-state index in [-0.39, 0.29) is 5.91 Å². The van der Waals surface area contributed by atoms with Crippen LogP contribution in [0.4, 0.5) is 0 Å². The summed E-state index contributed by atoms with van der Waals surface area (Å²) in [5.41, 5.74) is 3.10. The topological polar surface area (TPSA) is 50.6 Å². The number of carbonyl (C=O) groups is 1. The second-order valence-corrected chi connectivity index (χ2v) is 8.26. The SMILES string of the molecule is C=CCn1nc(C(=O)N2CCOCC2)c2c1CCC(N1CCC(C)CC1)C2. The van der Waals surface area contributed by atoms with Gasteiger partial charge in [0.15, 0.2) is 5.69 Å². The molecule has 148 valence electrons. The van der Waals surface area contributed by atoms with Crippen LogP contribution in [0.2, 0.25) is 0 Å². The van der Waals surface area contributed by atoms with Crippen LogP contribution in [0.25, 0.3) is 0 Å². The number of carbonyl (C=O) groups excluding carboxylic acids is 1. The van der Waals surface area contributed by atoms with E-state index in [4.69, 9.17) is 9.84 Å². The van der Waals surface area contributed by atoms with Gasteiger partial charge in [-0.25, -0.2) is 0 Å². The Kier molecular flexibility index (Phi) is 5.64. The zero-order valence-electron chi connectivity index (χ0n) is 16.5. The highest BCUT2D eigenvalue weighted by molar-refractivity contribution is 5.94. The van der Waals surface area contributed by atoms with Crippen molar-refractivity contribution in [2.24, 2.45) is 5.92 Å². The Hall–Kier alpha value is -1.66. The molecule has 3 aliphatic rings. The molecule has 4 rings (SSSR count). The Morgan fingerprint density at radius 3 is 2.67 bits per heavy atom. The van der Waals surface area contributed by atoms with Crippen LogP contribution in [0.15, 0.2) is 12.7 Å². The summed E-state index contributed by atoms with van der Waals surface area (Å²) in [7, 11) is 0. The van der Waals surface area contributed by atoms with E-state index in [9.17, 15) is 4.79 Å². The molecule has 3 heterocycles. The molecule has 2 fully saturated rings. The third-order valence-electron chi connectivity index (χ3n) is 6.46. The molecule has 0 saturated carbocycles. The first-order chi connectivity index (χ1) is 13.2. The summed E-state index contributed by atoms with van der Waals surface area (Å²) in [5, 5.41) is 4.74. The Morgan fingerprint density at radius 2 is 1.96 bits per heavy atom. The molecule has 2 saturated heterocycles. The van der Waals surface area contributed by atoms with Crippen molar-refractivity contribution in [3.8, 4) is 0 Å². The molecule has 1 unspecified atom stereocenters. The average Bonchev–Trinajstić information content (AvgIpc) is 3.07. The fourth-order valence-electron chi connectivity index (χ4n) is 4.74. The molecule has 0 aromatic carbocycles. The van der Waals surface area contributed by atoms with Crippen LogP contribution in [0.1, 0.15) is 47.9 Å². The summed E-state index contributed by atoms with van der Waals surface area (Å²) in [6.45, 7) is 11.8. The van der Waals surface area contributed by atoms with Gasteiger partial charge in [-0.1, -0.05) is 13.0 Å². The largest absolute Gasteiger partial charge is 0.378 e. The van der Waals surface area contributed by atoms with Gasteiger partial charge in [-0.2, -0.15) is 5.10 Å². The van der Waals surface area contributed by atoms with Crippen LogP contribution in [-0.4, -0.2) is 70.9 Å². The van der Waals surface area contributed by atoms with Crippen LogP contribution in [0, 0.1) is 5.92 Å². The lowest BCUT2D eigenvalue weighted by Gasteiger charge is -2.38. The molecule has 1 aromatic rings. The number of fused-ring (bicyclic) bond motifs is 1. The molecular weight excluding hydrogens is 340 g/mol. The van der Waals surface area contributed by atoms with Crippen LogP contribution in [0.3, 0.4) is 0 Å². The Balaban J connectivity index is 1.57. The summed E-state index contributed by atoms with van der Waals surface area (Å²) >= 11 is 0. The number of amides is 1. The van der Waals surface area contributed by atoms with Crippen molar-refractivity contribution >= 4 is 5.91 Å². The highest BCUT2D eigenvalue weighted by Crippen LogP contribution is 2.30. The maximum atomic E-state index is 13.2. The third kappa shape index (κ3) is 3.83. The maximum Gasteiger partial charge on any atom is 0.274 e.